The van der Waals surface area contributed by atoms with Crippen LogP contribution in [0.2, 0.25) is 0 Å². The zero-order chi connectivity index (χ0) is 21.1. The van der Waals surface area contributed by atoms with E-state index in [-0.39, 0.29) is 16.5 Å². The van der Waals surface area contributed by atoms with Gasteiger partial charge in [0.05, 0.1) is 11.4 Å². The van der Waals surface area contributed by atoms with Crippen molar-refractivity contribution in [3.05, 3.63) is 65.6 Å². The van der Waals surface area contributed by atoms with E-state index in [1.165, 1.54) is 0 Å². The van der Waals surface area contributed by atoms with Crippen LogP contribution in [0.15, 0.2) is 65.3 Å². The van der Waals surface area contributed by atoms with Gasteiger partial charge in [0.15, 0.2) is 0 Å². The Bertz CT molecular complexity index is 838. The maximum absolute atomic E-state index is 8.49. The topological polar surface area (TPSA) is 143 Å². The van der Waals surface area contributed by atoms with E-state index in [0.717, 1.165) is 54.3 Å². The first-order valence-corrected chi connectivity index (χ1v) is 10.3. The van der Waals surface area contributed by atoms with Crippen molar-refractivity contribution in [1.29, 1.82) is 0 Å². The van der Waals surface area contributed by atoms with Crippen LogP contribution in [0.4, 0.5) is 22.7 Å². The van der Waals surface area contributed by atoms with Gasteiger partial charge in [-0.2, -0.15) is 6.20 Å². The summed E-state index contributed by atoms with van der Waals surface area (Å²) < 4.78 is 34.0. The first-order valence-electron chi connectivity index (χ1n) is 9.08. The van der Waals surface area contributed by atoms with Gasteiger partial charge in [-0.05, 0) is 31.0 Å². The van der Waals surface area contributed by atoms with E-state index in [0.29, 0.717) is 0 Å². The Morgan fingerprint density at radius 1 is 0.933 bits per heavy atom. The van der Waals surface area contributed by atoms with Crippen LogP contribution in [0.5, 0.6) is 0 Å². The molecule has 1 aliphatic rings. The first kappa shape index (κ1) is 25.9. The van der Waals surface area contributed by atoms with Gasteiger partial charge in [0, 0.05) is 25.0 Å². The Hall–Kier alpha value is -2.13. The molecule has 30 heavy (non-hydrogen) atoms. The van der Waals surface area contributed by atoms with E-state index in [1.54, 1.807) is 0 Å². The van der Waals surface area contributed by atoms with Gasteiger partial charge in [-0.1, -0.05) is 42.8 Å². The normalized spacial score (nSPS) is 15.6. The van der Waals surface area contributed by atoms with Crippen LogP contribution in [0.3, 0.4) is 0 Å². The van der Waals surface area contributed by atoms with Crippen LogP contribution in [0.25, 0.3) is 5.32 Å². The van der Waals surface area contributed by atoms with Crippen molar-refractivity contribution in [2.75, 3.05) is 23.7 Å². The molecule has 0 aliphatic carbocycles. The van der Waals surface area contributed by atoms with E-state index in [2.05, 4.69) is 40.0 Å². The number of allylic oxidation sites excluding steroid dienone is 1. The molecule has 0 saturated heterocycles. The number of hydrogen-bond acceptors (Lipinski definition) is 7. The maximum Gasteiger partial charge on any atom is 2.00 e. The van der Waals surface area contributed by atoms with Gasteiger partial charge >= 0.3 is 16.5 Å². The summed E-state index contributed by atoms with van der Waals surface area (Å²) >= 11 is 0. The monoisotopic (exact) mass is 476 g/mol. The fourth-order valence-corrected chi connectivity index (χ4v) is 2.53. The molecule has 10 heteroatoms. The predicted molar refractivity (Wildman–Crippen MR) is 104 cm³/mol. The molecule has 8 nitrogen and oxygen atoms in total. The summed E-state index contributed by atoms with van der Waals surface area (Å²) in [5.41, 5.74) is 5.15. The number of fused-ring (bicyclic) bond motifs is 2. The van der Waals surface area contributed by atoms with Crippen molar-refractivity contribution in [2.45, 2.75) is 19.8 Å². The van der Waals surface area contributed by atoms with Gasteiger partial charge in [-0.3, -0.25) is 4.99 Å². The average molecular weight is 478 g/mol. The van der Waals surface area contributed by atoms with E-state index in [1.807, 2.05) is 48.8 Å². The molecule has 3 rings (SSSR count). The first-order chi connectivity index (χ1) is 13.9. The fourth-order valence-electron chi connectivity index (χ4n) is 2.53. The second kappa shape index (κ2) is 13.2. The quantitative estimate of drug-likeness (QED) is 0.583. The smallest absolute Gasteiger partial charge is 0.662 e. The summed E-state index contributed by atoms with van der Waals surface area (Å²) in [6.45, 7) is 3.91. The molecule has 0 amide bonds. The molecule has 0 bridgehead atoms. The summed E-state index contributed by atoms with van der Waals surface area (Å²) in [7, 11) is -4.94. The van der Waals surface area contributed by atoms with E-state index < -0.39 is 10.2 Å². The Labute approximate surface area is 188 Å². The molecule has 2 N–H and O–H groups in total. The molecule has 0 unspecified atom stereocenters. The molecule has 0 saturated carbocycles. The Balaban J connectivity index is 0.000000674. The van der Waals surface area contributed by atoms with Crippen LogP contribution in [0.1, 0.15) is 19.8 Å². The minimum atomic E-state index is -4.94. The molecule has 2 aromatic rings. The second-order valence-electron chi connectivity index (χ2n) is 6.06. The molecule has 2 aromatic carbocycles. The number of hydrogen-bond donors (Lipinski definition) is 2. The van der Waals surface area contributed by atoms with E-state index >= 15 is 0 Å². The predicted octanol–water partition coefficient (Wildman–Crippen LogP) is 0.857. The molecule has 164 valence electrons. The zero-order valence-corrected chi connectivity index (χ0v) is 18.1. The molecule has 0 fully saturated rings. The zero-order valence-electron chi connectivity index (χ0n) is 16.3. The van der Waals surface area contributed by atoms with Crippen LogP contribution < -0.4 is 29.3 Å². The molecule has 0 radical (unpaired) electrons. The van der Waals surface area contributed by atoms with E-state index in [9.17, 15) is 0 Å². The third-order valence-corrected chi connectivity index (χ3v) is 3.94. The van der Waals surface area contributed by atoms with Crippen molar-refractivity contribution in [1.82, 2.24) is 0 Å². The standard InChI is InChI=1S/C20H23N4.ClHO4.Ni/c1-2-16-14-23-19-10-5-3-8-17(19)21-12-7-13-22-18-9-4-6-11-20(18)24-15-16;2-1(3,4)5;/h3-6,8-11,14-15,21-22H,2,7,12-13H2,1H3;(H,2,3,4,5);/q-1;;+2/p-1/b16-14-,24-15?;;. The summed E-state index contributed by atoms with van der Waals surface area (Å²) in [5.74, 6) is 0. The Morgan fingerprint density at radius 3 is 2.17 bits per heavy atom. The maximum atomic E-state index is 8.49. The summed E-state index contributed by atoms with van der Waals surface area (Å²) in [4.78, 5) is 4.65. The number of aliphatic imine (C=N–C) groups is 1. The molecular weight excluding hydrogens is 454 g/mol. The number of halogens is 1. The Kier molecular flexibility index (Phi) is 11.4. The number of rotatable bonds is 1. The number of para-hydroxylation sites is 4. The van der Waals surface area contributed by atoms with Crippen LogP contribution in [-0.2, 0) is 16.5 Å². The molecule has 0 aromatic heterocycles. The molecule has 0 atom stereocenters. The van der Waals surface area contributed by atoms with Gasteiger partial charge in [0.1, 0.15) is 0 Å². The number of nitrogens with zero attached hydrogens (tertiary/aromatic N) is 2. The number of nitrogens with one attached hydrogen (secondary N) is 2. The Morgan fingerprint density at radius 2 is 1.50 bits per heavy atom. The van der Waals surface area contributed by atoms with E-state index in [4.69, 9.17) is 18.6 Å². The SMILES string of the molecule is CC/C1=C/[N-]c2ccccc2NCCCNc2ccccc2N=C1.[Ni+2].[O-][Cl+3]([O-])([O-])[O-]. The van der Waals surface area contributed by atoms with Crippen LogP contribution in [-0.4, -0.2) is 19.3 Å². The summed E-state index contributed by atoms with van der Waals surface area (Å²) in [5, 5.41) is 11.6. The average Bonchev–Trinajstić information content (AvgIpc) is 2.68. The van der Waals surface area contributed by atoms with Crippen molar-refractivity contribution < 1.29 is 45.4 Å². The van der Waals surface area contributed by atoms with Gasteiger partial charge in [0.25, 0.3) is 0 Å². The van der Waals surface area contributed by atoms with Crippen molar-refractivity contribution in [3.63, 3.8) is 0 Å². The van der Waals surface area contributed by atoms with Crippen LogP contribution in [0, 0.1) is 10.2 Å². The van der Waals surface area contributed by atoms with Crippen molar-refractivity contribution in [3.8, 4) is 0 Å². The minimum absolute atomic E-state index is 0. The van der Waals surface area contributed by atoms with Gasteiger partial charge < -0.3 is 16.0 Å². The van der Waals surface area contributed by atoms with Crippen molar-refractivity contribution >= 4 is 29.0 Å². The largest absolute Gasteiger partial charge is 2.00 e. The number of anilines is 2. The van der Waals surface area contributed by atoms with Gasteiger partial charge in [-0.15, -0.1) is 15.9 Å². The summed E-state index contributed by atoms with van der Waals surface area (Å²) in [6.07, 6.45) is 5.72. The third-order valence-electron chi connectivity index (χ3n) is 3.94. The second-order valence-corrected chi connectivity index (χ2v) is 6.82. The van der Waals surface area contributed by atoms with Crippen LogP contribution >= 0.6 is 0 Å². The molecule has 1 heterocycles. The van der Waals surface area contributed by atoms with Gasteiger partial charge in [-0.25, -0.2) is 18.6 Å². The van der Waals surface area contributed by atoms with Gasteiger partial charge in [0.2, 0.25) is 0 Å². The summed E-state index contributed by atoms with van der Waals surface area (Å²) in [6, 6.07) is 16.3. The van der Waals surface area contributed by atoms with Crippen molar-refractivity contribution in [2.24, 2.45) is 4.99 Å². The molecule has 0 spiro atoms. The fraction of sp³-hybridized carbons (Fsp3) is 0.250. The minimum Gasteiger partial charge on any atom is -0.662 e. The third kappa shape index (κ3) is 10.1. The molecular formula is C20H23ClN4NiO4. The molecule has 1 aliphatic heterocycles. The number of benzene rings is 2.